The van der Waals surface area contributed by atoms with Gasteiger partial charge in [0.25, 0.3) is 0 Å². The minimum absolute atomic E-state index is 0.00484. The highest BCUT2D eigenvalue weighted by Crippen LogP contribution is 2.53. The molecule has 0 spiro atoms. The zero-order valence-electron chi connectivity index (χ0n) is 12.5. The van der Waals surface area contributed by atoms with E-state index in [9.17, 15) is 18.0 Å². The summed E-state index contributed by atoms with van der Waals surface area (Å²) in [4.78, 5) is 16.1. The Morgan fingerprint density at radius 2 is 2.13 bits per heavy atom. The van der Waals surface area contributed by atoms with Crippen LogP contribution in [-0.4, -0.2) is 26.7 Å². The standard InChI is InChI=1S/C16H16F3N3O/c1-16(10(18)3-2-4-11(16)19)12-7-9(17)15-20-14(21-22(12)15)13(23)8-5-6-8/h2-4,8-10,12H,5-7H2,1H3/t9-,10?,12-,16?/m0/s1. The average molecular weight is 323 g/mol. The van der Waals surface area contributed by atoms with E-state index in [0.717, 1.165) is 12.8 Å². The van der Waals surface area contributed by atoms with Crippen LogP contribution < -0.4 is 0 Å². The van der Waals surface area contributed by atoms with Crippen LogP contribution in [0.1, 0.15) is 54.8 Å². The van der Waals surface area contributed by atoms with Crippen LogP contribution in [0.2, 0.25) is 0 Å². The first-order valence-corrected chi connectivity index (χ1v) is 7.76. The Labute approximate surface area is 131 Å². The Kier molecular flexibility index (Phi) is 3.05. The molecule has 1 aromatic heterocycles. The molecule has 1 fully saturated rings. The van der Waals surface area contributed by atoms with Gasteiger partial charge in [-0.15, -0.1) is 5.10 Å². The summed E-state index contributed by atoms with van der Waals surface area (Å²) in [7, 11) is 0. The number of alkyl halides is 2. The summed E-state index contributed by atoms with van der Waals surface area (Å²) in [6.07, 6.45) is 2.16. The zero-order valence-corrected chi connectivity index (χ0v) is 12.5. The first kappa shape index (κ1) is 14.7. The molecule has 0 N–H and O–H groups in total. The smallest absolute Gasteiger partial charge is 0.217 e. The Bertz CT molecular complexity index is 737. The van der Waals surface area contributed by atoms with Crippen molar-refractivity contribution >= 4 is 5.78 Å². The van der Waals surface area contributed by atoms with E-state index in [1.807, 2.05) is 0 Å². The number of hydrogen-bond acceptors (Lipinski definition) is 3. The maximum atomic E-state index is 14.4. The molecule has 2 heterocycles. The van der Waals surface area contributed by atoms with E-state index in [4.69, 9.17) is 0 Å². The van der Waals surface area contributed by atoms with Crippen LogP contribution in [0, 0.1) is 11.3 Å². The van der Waals surface area contributed by atoms with Crippen molar-refractivity contribution in [3.63, 3.8) is 0 Å². The lowest BCUT2D eigenvalue weighted by molar-refractivity contribution is 0.0893. The van der Waals surface area contributed by atoms with Crippen molar-refractivity contribution < 1.29 is 18.0 Å². The van der Waals surface area contributed by atoms with Crippen molar-refractivity contribution in [3.05, 3.63) is 35.7 Å². The van der Waals surface area contributed by atoms with Gasteiger partial charge in [0.05, 0.1) is 11.5 Å². The molecule has 7 heteroatoms. The number of fused-ring (bicyclic) bond motifs is 1. The monoisotopic (exact) mass is 323 g/mol. The van der Waals surface area contributed by atoms with Gasteiger partial charge in [-0.05, 0) is 31.9 Å². The Morgan fingerprint density at radius 3 is 2.78 bits per heavy atom. The molecule has 1 aliphatic heterocycles. The van der Waals surface area contributed by atoms with E-state index in [2.05, 4.69) is 10.1 Å². The third-order valence-electron chi connectivity index (χ3n) is 5.13. The van der Waals surface area contributed by atoms with Gasteiger partial charge in [0.2, 0.25) is 11.6 Å². The van der Waals surface area contributed by atoms with Gasteiger partial charge in [-0.3, -0.25) is 4.79 Å². The van der Waals surface area contributed by atoms with Gasteiger partial charge >= 0.3 is 0 Å². The van der Waals surface area contributed by atoms with Crippen molar-refractivity contribution in [3.8, 4) is 0 Å². The van der Waals surface area contributed by atoms with Crippen LogP contribution in [-0.2, 0) is 0 Å². The molecular formula is C16H16F3N3O. The average Bonchev–Trinajstić information content (AvgIpc) is 3.20. The highest BCUT2D eigenvalue weighted by Gasteiger charge is 2.53. The molecule has 23 heavy (non-hydrogen) atoms. The van der Waals surface area contributed by atoms with Gasteiger partial charge in [0.1, 0.15) is 12.0 Å². The molecule has 0 amide bonds. The Morgan fingerprint density at radius 1 is 1.39 bits per heavy atom. The van der Waals surface area contributed by atoms with Crippen LogP contribution in [0.25, 0.3) is 0 Å². The molecule has 1 saturated carbocycles. The van der Waals surface area contributed by atoms with Crippen molar-refractivity contribution in [1.82, 2.24) is 14.8 Å². The van der Waals surface area contributed by atoms with E-state index in [0.29, 0.717) is 0 Å². The van der Waals surface area contributed by atoms with Crippen LogP contribution >= 0.6 is 0 Å². The van der Waals surface area contributed by atoms with Gasteiger partial charge in [0.15, 0.2) is 12.0 Å². The highest BCUT2D eigenvalue weighted by molar-refractivity contribution is 5.95. The summed E-state index contributed by atoms with van der Waals surface area (Å²) < 4.78 is 44.4. The molecule has 2 unspecified atom stereocenters. The first-order valence-electron chi connectivity index (χ1n) is 7.76. The number of allylic oxidation sites excluding steroid dienone is 4. The number of halogens is 3. The number of rotatable bonds is 3. The number of carbonyl (C=O) groups is 1. The molecule has 1 aromatic rings. The minimum Gasteiger partial charge on any atom is -0.290 e. The van der Waals surface area contributed by atoms with Crippen molar-refractivity contribution in [1.29, 1.82) is 0 Å². The molecule has 4 nitrogen and oxygen atoms in total. The molecule has 0 bridgehead atoms. The summed E-state index contributed by atoms with van der Waals surface area (Å²) in [6.45, 7) is 1.42. The maximum Gasteiger partial charge on any atom is 0.217 e. The minimum atomic E-state index is -1.59. The summed E-state index contributed by atoms with van der Waals surface area (Å²) >= 11 is 0. The van der Waals surface area contributed by atoms with Gasteiger partial charge in [-0.2, -0.15) is 0 Å². The van der Waals surface area contributed by atoms with E-state index < -0.39 is 29.6 Å². The van der Waals surface area contributed by atoms with Crippen molar-refractivity contribution in [2.75, 3.05) is 0 Å². The van der Waals surface area contributed by atoms with Crippen LogP contribution in [0.3, 0.4) is 0 Å². The Balaban J connectivity index is 1.75. The number of carbonyl (C=O) groups excluding carboxylic acids is 1. The molecule has 122 valence electrons. The molecule has 3 aliphatic rings. The molecule has 4 rings (SSSR count). The second kappa shape index (κ2) is 4.79. The number of aromatic nitrogens is 3. The summed E-state index contributed by atoms with van der Waals surface area (Å²) in [5.41, 5.74) is -1.54. The fraction of sp³-hybridized carbons (Fsp3) is 0.562. The molecule has 0 saturated heterocycles. The summed E-state index contributed by atoms with van der Waals surface area (Å²) in [6, 6.07) is -0.850. The van der Waals surface area contributed by atoms with E-state index in [-0.39, 0.29) is 29.8 Å². The lowest BCUT2D eigenvalue weighted by atomic mass is 9.73. The lowest BCUT2D eigenvalue weighted by Crippen LogP contribution is -2.38. The molecule has 2 aliphatic carbocycles. The second-order valence-electron chi connectivity index (χ2n) is 6.68. The van der Waals surface area contributed by atoms with Gasteiger partial charge in [-0.1, -0.05) is 6.08 Å². The lowest BCUT2D eigenvalue weighted by Gasteiger charge is -2.37. The van der Waals surface area contributed by atoms with E-state index in [1.165, 1.54) is 29.8 Å². The fourth-order valence-corrected chi connectivity index (χ4v) is 3.40. The van der Waals surface area contributed by atoms with E-state index in [1.54, 1.807) is 0 Å². The van der Waals surface area contributed by atoms with Gasteiger partial charge < -0.3 is 0 Å². The third-order valence-corrected chi connectivity index (χ3v) is 5.13. The van der Waals surface area contributed by atoms with E-state index >= 15 is 0 Å². The predicted molar refractivity (Wildman–Crippen MR) is 75.9 cm³/mol. The Hall–Kier alpha value is -1.92. The highest BCUT2D eigenvalue weighted by atomic mass is 19.1. The third kappa shape index (κ3) is 2.01. The van der Waals surface area contributed by atoms with Crippen molar-refractivity contribution in [2.45, 2.75) is 44.6 Å². The number of hydrogen-bond donors (Lipinski definition) is 0. The first-order chi connectivity index (χ1) is 10.9. The van der Waals surface area contributed by atoms with Crippen LogP contribution in [0.15, 0.2) is 24.1 Å². The second-order valence-corrected chi connectivity index (χ2v) is 6.68. The number of ketones is 1. The molecule has 0 aromatic carbocycles. The summed E-state index contributed by atoms with van der Waals surface area (Å²) in [5, 5.41) is 4.10. The SMILES string of the molecule is CC1([C@@H]2C[C@H](F)c3nc(C(=O)C4CC4)nn32)C(F)=CC=CC1F. The van der Waals surface area contributed by atoms with Crippen molar-refractivity contribution in [2.24, 2.45) is 11.3 Å². The predicted octanol–water partition coefficient (Wildman–Crippen LogP) is 3.59. The molecule has 4 atom stereocenters. The maximum absolute atomic E-state index is 14.4. The quantitative estimate of drug-likeness (QED) is 0.799. The van der Waals surface area contributed by atoms with Gasteiger partial charge in [-0.25, -0.2) is 22.8 Å². The fourth-order valence-electron chi connectivity index (χ4n) is 3.40. The molecule has 0 radical (unpaired) electrons. The normalized spacial score (nSPS) is 36.0. The molecular weight excluding hydrogens is 307 g/mol. The topological polar surface area (TPSA) is 47.8 Å². The largest absolute Gasteiger partial charge is 0.290 e. The van der Waals surface area contributed by atoms with Gasteiger partial charge in [0, 0.05) is 12.3 Å². The van der Waals surface area contributed by atoms with Crippen LogP contribution in [0.5, 0.6) is 0 Å². The summed E-state index contributed by atoms with van der Waals surface area (Å²) in [5.74, 6) is -0.991. The zero-order chi connectivity index (χ0) is 16.4. The van der Waals surface area contributed by atoms with Crippen LogP contribution in [0.4, 0.5) is 13.2 Å². The number of nitrogens with zero attached hydrogens (tertiary/aromatic N) is 3. The number of Topliss-reactive ketones (excluding diaryl/α,β-unsaturated/α-hetero) is 1.